The first-order chi connectivity index (χ1) is 12.6. The summed E-state index contributed by atoms with van der Waals surface area (Å²) in [6, 6.07) is 17.3. The summed E-state index contributed by atoms with van der Waals surface area (Å²) in [4.78, 5) is 4.48. The molecular formula is C21H19N3O2. The summed E-state index contributed by atoms with van der Waals surface area (Å²) >= 11 is 0. The Morgan fingerprint density at radius 3 is 1.85 bits per heavy atom. The fourth-order valence-electron chi connectivity index (χ4n) is 2.96. The lowest BCUT2D eigenvalue weighted by Gasteiger charge is -2.15. The molecule has 0 amide bonds. The number of benzene rings is 2. The third-order valence-corrected chi connectivity index (χ3v) is 4.32. The molecule has 0 radical (unpaired) electrons. The van der Waals surface area contributed by atoms with Gasteiger partial charge in [-0.1, -0.05) is 12.1 Å². The van der Waals surface area contributed by atoms with E-state index in [0.717, 1.165) is 39.4 Å². The summed E-state index contributed by atoms with van der Waals surface area (Å²) in [6.45, 7) is 1.95. The number of methoxy groups -OCH3 is 2. The zero-order chi connectivity index (χ0) is 18.7. The van der Waals surface area contributed by atoms with E-state index in [2.05, 4.69) is 11.1 Å². The van der Waals surface area contributed by atoms with Crippen LogP contribution in [0.4, 0.5) is 5.82 Å². The summed E-state index contributed by atoms with van der Waals surface area (Å²) in [5.41, 5.74) is 10.7. The van der Waals surface area contributed by atoms with E-state index in [1.807, 2.05) is 55.5 Å². The molecule has 5 heteroatoms. The minimum absolute atomic E-state index is 0.217. The maximum Gasteiger partial charge on any atom is 0.142 e. The lowest BCUT2D eigenvalue weighted by atomic mass is 9.93. The molecule has 0 unspecified atom stereocenters. The Morgan fingerprint density at radius 1 is 0.885 bits per heavy atom. The van der Waals surface area contributed by atoms with Gasteiger partial charge in [0.25, 0.3) is 0 Å². The van der Waals surface area contributed by atoms with Gasteiger partial charge in [-0.2, -0.15) is 5.26 Å². The summed E-state index contributed by atoms with van der Waals surface area (Å²) < 4.78 is 10.4. The largest absolute Gasteiger partial charge is 0.497 e. The number of ether oxygens (including phenoxy) is 2. The van der Waals surface area contributed by atoms with Gasteiger partial charge in [0.1, 0.15) is 28.9 Å². The second-order valence-corrected chi connectivity index (χ2v) is 5.79. The van der Waals surface area contributed by atoms with Crippen molar-refractivity contribution in [1.82, 2.24) is 4.98 Å². The average Bonchev–Trinajstić information content (AvgIpc) is 2.69. The molecule has 3 aromatic rings. The molecule has 0 aliphatic rings. The fraction of sp³-hybridized carbons (Fsp3) is 0.143. The molecule has 1 heterocycles. The van der Waals surface area contributed by atoms with Gasteiger partial charge in [0.2, 0.25) is 0 Å². The second kappa shape index (κ2) is 7.16. The van der Waals surface area contributed by atoms with Gasteiger partial charge in [-0.15, -0.1) is 0 Å². The number of anilines is 1. The number of rotatable bonds is 4. The van der Waals surface area contributed by atoms with Crippen LogP contribution in [0.2, 0.25) is 0 Å². The molecule has 0 aliphatic carbocycles. The molecule has 1 aromatic heterocycles. The van der Waals surface area contributed by atoms with Crippen LogP contribution in [0.3, 0.4) is 0 Å². The molecular weight excluding hydrogens is 326 g/mol. The first-order valence-corrected chi connectivity index (χ1v) is 8.08. The molecule has 0 aliphatic heterocycles. The average molecular weight is 345 g/mol. The van der Waals surface area contributed by atoms with Gasteiger partial charge in [0.05, 0.1) is 19.9 Å². The highest BCUT2D eigenvalue weighted by Gasteiger charge is 2.18. The Bertz CT molecular complexity index is 972. The van der Waals surface area contributed by atoms with Crippen molar-refractivity contribution in [1.29, 1.82) is 5.26 Å². The van der Waals surface area contributed by atoms with Gasteiger partial charge in [0, 0.05) is 11.1 Å². The van der Waals surface area contributed by atoms with Crippen LogP contribution in [-0.2, 0) is 0 Å². The number of pyridine rings is 1. The third-order valence-electron chi connectivity index (χ3n) is 4.32. The molecule has 3 rings (SSSR count). The van der Waals surface area contributed by atoms with Gasteiger partial charge in [-0.25, -0.2) is 4.98 Å². The molecule has 0 bridgehead atoms. The van der Waals surface area contributed by atoms with Crippen LogP contribution < -0.4 is 15.2 Å². The SMILES string of the molecule is COc1ccc(-c2nc(N)c(C#N)c(-c3ccc(OC)cc3)c2C)cc1. The smallest absolute Gasteiger partial charge is 0.142 e. The van der Waals surface area contributed by atoms with Crippen molar-refractivity contribution in [3.05, 3.63) is 59.7 Å². The number of aromatic nitrogens is 1. The van der Waals surface area contributed by atoms with E-state index in [0.29, 0.717) is 5.56 Å². The van der Waals surface area contributed by atoms with Crippen molar-refractivity contribution in [2.75, 3.05) is 20.0 Å². The summed E-state index contributed by atoms with van der Waals surface area (Å²) in [5.74, 6) is 1.74. The lowest BCUT2D eigenvalue weighted by molar-refractivity contribution is 0.415. The van der Waals surface area contributed by atoms with Gasteiger partial charge >= 0.3 is 0 Å². The molecule has 0 saturated heterocycles. The molecule has 0 atom stereocenters. The van der Waals surface area contributed by atoms with Crippen LogP contribution in [0.15, 0.2) is 48.5 Å². The Labute approximate surface area is 152 Å². The number of hydrogen-bond donors (Lipinski definition) is 1. The summed E-state index contributed by atoms with van der Waals surface area (Å²) in [5, 5.41) is 9.60. The highest BCUT2D eigenvalue weighted by atomic mass is 16.5. The molecule has 2 N–H and O–H groups in total. The predicted molar refractivity (Wildman–Crippen MR) is 102 cm³/mol. The molecule has 0 saturated carbocycles. The van der Waals surface area contributed by atoms with Crippen molar-refractivity contribution in [3.63, 3.8) is 0 Å². The van der Waals surface area contributed by atoms with Gasteiger partial charge < -0.3 is 15.2 Å². The number of nitriles is 1. The van der Waals surface area contributed by atoms with E-state index in [4.69, 9.17) is 15.2 Å². The van der Waals surface area contributed by atoms with Crippen LogP contribution in [0, 0.1) is 18.3 Å². The number of nitrogens with zero attached hydrogens (tertiary/aromatic N) is 2. The first kappa shape index (κ1) is 17.3. The van der Waals surface area contributed by atoms with Gasteiger partial charge in [-0.05, 0) is 54.4 Å². The standard InChI is InChI=1S/C21H19N3O2/c1-13-19(14-4-8-16(25-2)9-5-14)18(12-22)21(23)24-20(13)15-6-10-17(26-3)11-7-15/h4-11H,1-3H3,(H2,23,24). The van der Waals surface area contributed by atoms with E-state index < -0.39 is 0 Å². The quantitative estimate of drug-likeness (QED) is 0.766. The van der Waals surface area contributed by atoms with Crippen LogP contribution in [-0.4, -0.2) is 19.2 Å². The third kappa shape index (κ3) is 3.05. The zero-order valence-electron chi connectivity index (χ0n) is 14.9. The van der Waals surface area contributed by atoms with E-state index in [9.17, 15) is 5.26 Å². The first-order valence-electron chi connectivity index (χ1n) is 8.08. The Kier molecular flexibility index (Phi) is 4.76. The van der Waals surface area contributed by atoms with E-state index in [1.165, 1.54) is 0 Å². The van der Waals surface area contributed by atoms with Crippen molar-refractivity contribution < 1.29 is 9.47 Å². The lowest BCUT2D eigenvalue weighted by Crippen LogP contribution is -2.03. The van der Waals surface area contributed by atoms with Crippen LogP contribution >= 0.6 is 0 Å². The monoisotopic (exact) mass is 345 g/mol. The van der Waals surface area contributed by atoms with Crippen molar-refractivity contribution >= 4 is 5.82 Å². The number of hydrogen-bond acceptors (Lipinski definition) is 5. The van der Waals surface area contributed by atoms with E-state index in [1.54, 1.807) is 14.2 Å². The van der Waals surface area contributed by atoms with Crippen molar-refractivity contribution in [2.45, 2.75) is 6.92 Å². The molecule has 130 valence electrons. The normalized spacial score (nSPS) is 10.2. The van der Waals surface area contributed by atoms with Crippen molar-refractivity contribution in [3.8, 4) is 40.0 Å². The molecule has 0 fully saturated rings. The number of nitrogens with two attached hydrogens (primary N) is 1. The number of nitrogen functional groups attached to an aromatic ring is 1. The predicted octanol–water partition coefficient (Wildman–Crippen LogP) is 4.20. The molecule has 26 heavy (non-hydrogen) atoms. The second-order valence-electron chi connectivity index (χ2n) is 5.79. The molecule has 5 nitrogen and oxygen atoms in total. The minimum atomic E-state index is 0.217. The van der Waals surface area contributed by atoms with Gasteiger partial charge in [0.15, 0.2) is 0 Å². The van der Waals surface area contributed by atoms with Crippen LogP contribution in [0.25, 0.3) is 22.4 Å². The Balaban J connectivity index is 2.22. The summed E-state index contributed by atoms with van der Waals surface area (Å²) in [7, 11) is 3.24. The van der Waals surface area contributed by atoms with Crippen LogP contribution in [0.5, 0.6) is 11.5 Å². The Hall–Kier alpha value is -3.52. The maximum absolute atomic E-state index is 9.60. The van der Waals surface area contributed by atoms with Crippen LogP contribution in [0.1, 0.15) is 11.1 Å². The van der Waals surface area contributed by atoms with E-state index >= 15 is 0 Å². The molecule has 0 spiro atoms. The highest BCUT2D eigenvalue weighted by molar-refractivity contribution is 5.84. The Morgan fingerprint density at radius 2 is 1.38 bits per heavy atom. The highest BCUT2D eigenvalue weighted by Crippen LogP contribution is 2.36. The fourth-order valence-corrected chi connectivity index (χ4v) is 2.96. The van der Waals surface area contributed by atoms with E-state index in [-0.39, 0.29) is 5.82 Å². The maximum atomic E-state index is 9.60. The topological polar surface area (TPSA) is 81.2 Å². The van der Waals surface area contributed by atoms with Gasteiger partial charge in [-0.3, -0.25) is 0 Å². The zero-order valence-corrected chi connectivity index (χ0v) is 14.9. The summed E-state index contributed by atoms with van der Waals surface area (Å²) in [6.07, 6.45) is 0. The minimum Gasteiger partial charge on any atom is -0.497 e. The van der Waals surface area contributed by atoms with Crippen molar-refractivity contribution in [2.24, 2.45) is 0 Å². The molecule has 2 aromatic carbocycles.